The van der Waals surface area contributed by atoms with E-state index in [4.69, 9.17) is 4.74 Å². The molecule has 0 heterocycles. The van der Waals surface area contributed by atoms with E-state index in [1.165, 1.54) is 25.7 Å². The van der Waals surface area contributed by atoms with Gasteiger partial charge in [-0.25, -0.2) is 0 Å². The number of hydrogen-bond donors (Lipinski definition) is 2. The Bertz CT molecular complexity index is 205. The third kappa shape index (κ3) is 11.7. The second kappa shape index (κ2) is 12.7. The van der Waals surface area contributed by atoms with Crippen LogP contribution in [0.4, 0.5) is 0 Å². The molecule has 0 fully saturated rings. The molecule has 0 saturated carbocycles. The first-order chi connectivity index (χ1) is 8.70. The molecule has 0 aromatic rings. The van der Waals surface area contributed by atoms with Crippen LogP contribution in [-0.2, 0) is 4.74 Å². The summed E-state index contributed by atoms with van der Waals surface area (Å²) in [7, 11) is 1.81. The molecule has 2 N–H and O–H groups in total. The number of ether oxygens (including phenoxy) is 1. The molecule has 108 valence electrons. The molecule has 0 aliphatic rings. The van der Waals surface area contributed by atoms with Crippen LogP contribution in [0.3, 0.4) is 0 Å². The summed E-state index contributed by atoms with van der Waals surface area (Å²) in [6, 6.07) is 0. The van der Waals surface area contributed by atoms with Crippen LogP contribution < -0.4 is 10.6 Å². The average molecular weight is 257 g/mol. The third-order valence-electron chi connectivity index (χ3n) is 2.61. The van der Waals surface area contributed by atoms with Crippen LogP contribution in [0.2, 0.25) is 0 Å². The van der Waals surface area contributed by atoms with E-state index in [1.807, 2.05) is 7.05 Å². The highest BCUT2D eigenvalue weighted by Gasteiger charge is 1.97. The van der Waals surface area contributed by atoms with Crippen molar-refractivity contribution in [2.75, 3.05) is 26.7 Å². The summed E-state index contributed by atoms with van der Waals surface area (Å²) in [6.45, 7) is 9.06. The third-order valence-corrected chi connectivity index (χ3v) is 2.61. The molecule has 0 amide bonds. The van der Waals surface area contributed by atoms with Crippen molar-refractivity contribution in [2.45, 2.75) is 59.0 Å². The number of rotatable bonds is 10. The van der Waals surface area contributed by atoms with Gasteiger partial charge in [0.2, 0.25) is 0 Å². The first-order valence-electron chi connectivity index (χ1n) is 7.26. The highest BCUT2D eigenvalue weighted by molar-refractivity contribution is 5.79. The summed E-state index contributed by atoms with van der Waals surface area (Å²) >= 11 is 0. The van der Waals surface area contributed by atoms with Gasteiger partial charge >= 0.3 is 0 Å². The fourth-order valence-electron chi connectivity index (χ4n) is 1.58. The van der Waals surface area contributed by atoms with Crippen LogP contribution in [0, 0.1) is 0 Å². The molecule has 0 aromatic heterocycles. The summed E-state index contributed by atoms with van der Waals surface area (Å²) in [6.07, 6.45) is 6.44. The molecule has 0 aliphatic carbocycles. The van der Waals surface area contributed by atoms with Crippen LogP contribution >= 0.6 is 0 Å². The standard InChI is InChI=1S/C14H31N3O/c1-5-6-7-8-10-16-14(15-4)17-11-9-12-18-13(2)3/h13H,5-12H2,1-4H3,(H2,15,16,17). The van der Waals surface area contributed by atoms with E-state index in [0.29, 0.717) is 6.10 Å². The van der Waals surface area contributed by atoms with Crippen LogP contribution in [0.1, 0.15) is 52.9 Å². The maximum atomic E-state index is 5.48. The van der Waals surface area contributed by atoms with Crippen LogP contribution in [0.25, 0.3) is 0 Å². The van der Waals surface area contributed by atoms with Crippen LogP contribution in [0.15, 0.2) is 4.99 Å². The van der Waals surface area contributed by atoms with E-state index < -0.39 is 0 Å². The first kappa shape index (κ1) is 17.2. The van der Waals surface area contributed by atoms with Gasteiger partial charge in [0.15, 0.2) is 5.96 Å². The lowest BCUT2D eigenvalue weighted by Gasteiger charge is -2.12. The Hall–Kier alpha value is -0.770. The van der Waals surface area contributed by atoms with E-state index in [1.54, 1.807) is 0 Å². The fraction of sp³-hybridized carbons (Fsp3) is 0.929. The van der Waals surface area contributed by atoms with Crippen molar-refractivity contribution in [3.05, 3.63) is 0 Å². The molecular weight excluding hydrogens is 226 g/mol. The van der Waals surface area contributed by atoms with Gasteiger partial charge in [-0.1, -0.05) is 26.2 Å². The molecule has 0 bridgehead atoms. The maximum absolute atomic E-state index is 5.48. The van der Waals surface area contributed by atoms with Gasteiger partial charge in [-0.2, -0.15) is 0 Å². The zero-order valence-electron chi connectivity index (χ0n) is 12.6. The molecule has 0 atom stereocenters. The zero-order chi connectivity index (χ0) is 13.6. The summed E-state index contributed by atoms with van der Waals surface area (Å²) in [5.74, 6) is 0.899. The molecule has 0 aromatic carbocycles. The summed E-state index contributed by atoms with van der Waals surface area (Å²) < 4.78 is 5.48. The molecule has 0 radical (unpaired) electrons. The first-order valence-corrected chi connectivity index (χ1v) is 7.26. The van der Waals surface area contributed by atoms with Gasteiger partial charge < -0.3 is 15.4 Å². The van der Waals surface area contributed by atoms with E-state index in [2.05, 4.69) is 36.4 Å². The number of nitrogens with one attached hydrogen (secondary N) is 2. The second-order valence-corrected chi connectivity index (χ2v) is 4.76. The van der Waals surface area contributed by atoms with Gasteiger partial charge in [-0.3, -0.25) is 4.99 Å². The quantitative estimate of drug-likeness (QED) is 0.359. The largest absolute Gasteiger partial charge is 0.379 e. The zero-order valence-corrected chi connectivity index (χ0v) is 12.6. The van der Waals surface area contributed by atoms with E-state index in [9.17, 15) is 0 Å². The van der Waals surface area contributed by atoms with Crippen molar-refractivity contribution >= 4 is 5.96 Å². The Kier molecular flexibility index (Phi) is 12.1. The number of nitrogens with zero attached hydrogens (tertiary/aromatic N) is 1. The van der Waals surface area contributed by atoms with Gasteiger partial charge in [-0.05, 0) is 26.7 Å². The lowest BCUT2D eigenvalue weighted by atomic mass is 10.2. The Morgan fingerprint density at radius 3 is 2.28 bits per heavy atom. The number of hydrogen-bond acceptors (Lipinski definition) is 2. The van der Waals surface area contributed by atoms with Crippen molar-refractivity contribution < 1.29 is 4.74 Å². The number of unbranched alkanes of at least 4 members (excludes halogenated alkanes) is 3. The summed E-state index contributed by atoms with van der Waals surface area (Å²) in [5.41, 5.74) is 0. The molecule has 0 unspecified atom stereocenters. The minimum Gasteiger partial charge on any atom is -0.379 e. The minimum absolute atomic E-state index is 0.320. The Balaban J connectivity index is 3.42. The Morgan fingerprint density at radius 1 is 1.06 bits per heavy atom. The second-order valence-electron chi connectivity index (χ2n) is 4.76. The smallest absolute Gasteiger partial charge is 0.190 e. The molecule has 18 heavy (non-hydrogen) atoms. The van der Waals surface area contributed by atoms with E-state index in [-0.39, 0.29) is 0 Å². The molecule has 0 aliphatic heterocycles. The predicted molar refractivity (Wildman–Crippen MR) is 79.2 cm³/mol. The average Bonchev–Trinajstić information content (AvgIpc) is 2.35. The molecule has 4 heteroatoms. The SMILES string of the molecule is CCCCCCNC(=NC)NCCCOC(C)C. The highest BCUT2D eigenvalue weighted by atomic mass is 16.5. The van der Waals surface area contributed by atoms with Crippen molar-refractivity contribution in [2.24, 2.45) is 4.99 Å². The fourth-order valence-corrected chi connectivity index (χ4v) is 1.58. The van der Waals surface area contributed by atoms with Gasteiger partial charge in [-0.15, -0.1) is 0 Å². The lowest BCUT2D eigenvalue weighted by molar-refractivity contribution is 0.0776. The molecule has 0 saturated heterocycles. The van der Waals surface area contributed by atoms with Crippen molar-refractivity contribution in [1.82, 2.24) is 10.6 Å². The highest BCUT2D eigenvalue weighted by Crippen LogP contribution is 1.96. The van der Waals surface area contributed by atoms with Crippen molar-refractivity contribution in [3.8, 4) is 0 Å². The van der Waals surface area contributed by atoms with Crippen LogP contribution in [0.5, 0.6) is 0 Å². The summed E-state index contributed by atoms with van der Waals surface area (Å²) in [4.78, 5) is 4.19. The Labute approximate surface area is 113 Å². The molecule has 0 spiro atoms. The monoisotopic (exact) mass is 257 g/mol. The van der Waals surface area contributed by atoms with Gasteiger partial charge in [0.25, 0.3) is 0 Å². The van der Waals surface area contributed by atoms with Gasteiger partial charge in [0.1, 0.15) is 0 Å². The topological polar surface area (TPSA) is 45.7 Å². The molecular formula is C14H31N3O. The maximum Gasteiger partial charge on any atom is 0.190 e. The minimum atomic E-state index is 0.320. The van der Waals surface area contributed by atoms with Crippen LogP contribution in [-0.4, -0.2) is 38.8 Å². The number of guanidine groups is 1. The molecule has 4 nitrogen and oxygen atoms in total. The van der Waals surface area contributed by atoms with Crippen molar-refractivity contribution in [1.29, 1.82) is 0 Å². The van der Waals surface area contributed by atoms with Crippen molar-refractivity contribution in [3.63, 3.8) is 0 Å². The molecule has 0 rings (SSSR count). The Morgan fingerprint density at radius 2 is 1.72 bits per heavy atom. The predicted octanol–water partition coefficient (Wildman–Crippen LogP) is 2.55. The van der Waals surface area contributed by atoms with E-state index >= 15 is 0 Å². The summed E-state index contributed by atoms with van der Waals surface area (Å²) in [5, 5.41) is 6.62. The normalized spacial score (nSPS) is 11.9. The van der Waals surface area contributed by atoms with E-state index in [0.717, 1.165) is 32.1 Å². The van der Waals surface area contributed by atoms with Gasteiger partial charge in [0, 0.05) is 26.7 Å². The lowest BCUT2D eigenvalue weighted by Crippen LogP contribution is -2.38. The van der Waals surface area contributed by atoms with Gasteiger partial charge in [0.05, 0.1) is 6.10 Å². The number of aliphatic imine (C=N–C) groups is 1.